The van der Waals surface area contributed by atoms with Crippen molar-refractivity contribution in [2.45, 2.75) is 19.9 Å². The molecule has 0 amide bonds. The molecule has 114 valence electrons. The van der Waals surface area contributed by atoms with E-state index < -0.39 is 0 Å². The Morgan fingerprint density at radius 3 is 2.43 bits per heavy atom. The van der Waals surface area contributed by atoms with Crippen LogP contribution in [0.1, 0.15) is 13.8 Å². The lowest BCUT2D eigenvalue weighted by atomic mass is 10.1. The Balaban J connectivity index is 2.63. The molecule has 1 aromatic heterocycles. The number of halogens is 1. The molecule has 0 spiro atoms. The number of anilines is 1. The van der Waals surface area contributed by atoms with E-state index in [2.05, 4.69) is 23.7 Å². The van der Waals surface area contributed by atoms with Crippen molar-refractivity contribution in [1.29, 1.82) is 0 Å². The molecule has 5 heteroatoms. The topological polar surface area (TPSA) is 34.6 Å². The minimum atomic E-state index is 0.315. The van der Waals surface area contributed by atoms with Crippen LogP contribution in [0, 0.1) is 0 Å². The number of hydrogen-bond acceptors (Lipinski definition) is 4. The largest absolute Gasteiger partial charge is 0.493 e. The summed E-state index contributed by atoms with van der Waals surface area (Å²) in [7, 11) is 3.28. The van der Waals surface area contributed by atoms with E-state index in [0.717, 1.165) is 28.9 Å². The monoisotopic (exact) mass is 308 g/mol. The predicted molar refractivity (Wildman–Crippen MR) is 88.0 cm³/mol. The van der Waals surface area contributed by atoms with Crippen LogP contribution < -0.4 is 14.4 Å². The highest BCUT2D eigenvalue weighted by Crippen LogP contribution is 2.35. The third-order valence-corrected chi connectivity index (χ3v) is 3.64. The molecule has 0 saturated heterocycles. The molecule has 0 bridgehead atoms. The van der Waals surface area contributed by atoms with Crippen molar-refractivity contribution in [3.8, 4) is 11.5 Å². The first-order valence-corrected chi connectivity index (χ1v) is 7.49. The molecule has 0 saturated carbocycles. The van der Waals surface area contributed by atoms with Crippen LogP contribution in [0.25, 0.3) is 10.8 Å². The molecular formula is C16H21ClN2O2. The van der Waals surface area contributed by atoms with Gasteiger partial charge in [-0.2, -0.15) is 0 Å². The van der Waals surface area contributed by atoms with Gasteiger partial charge in [-0.05, 0) is 37.4 Å². The van der Waals surface area contributed by atoms with E-state index in [0.29, 0.717) is 17.7 Å². The van der Waals surface area contributed by atoms with Gasteiger partial charge in [0.1, 0.15) is 5.82 Å². The standard InChI is InChI=1S/C16H21ClN2O2/c1-11(2)19(8-6-17)16-13-10-15(21-4)14(20-3)9-12(13)5-7-18-16/h5,7,9-11H,6,8H2,1-4H3. The molecule has 4 nitrogen and oxygen atoms in total. The molecule has 0 atom stereocenters. The van der Waals surface area contributed by atoms with Gasteiger partial charge in [-0.1, -0.05) is 0 Å². The maximum atomic E-state index is 5.93. The number of aromatic nitrogens is 1. The first-order valence-electron chi connectivity index (χ1n) is 6.95. The number of methoxy groups -OCH3 is 2. The van der Waals surface area contributed by atoms with Crippen molar-refractivity contribution < 1.29 is 9.47 Å². The lowest BCUT2D eigenvalue weighted by Crippen LogP contribution is -2.33. The van der Waals surface area contributed by atoms with Gasteiger partial charge in [0.25, 0.3) is 0 Å². The van der Waals surface area contributed by atoms with E-state index in [1.54, 1.807) is 14.2 Å². The summed E-state index contributed by atoms with van der Waals surface area (Å²) >= 11 is 5.93. The summed E-state index contributed by atoms with van der Waals surface area (Å²) in [5.41, 5.74) is 0. The zero-order chi connectivity index (χ0) is 15.4. The van der Waals surface area contributed by atoms with Crippen molar-refractivity contribution >= 4 is 28.2 Å². The van der Waals surface area contributed by atoms with Crippen LogP contribution in [-0.4, -0.2) is 37.7 Å². The van der Waals surface area contributed by atoms with E-state index >= 15 is 0 Å². The lowest BCUT2D eigenvalue weighted by Gasteiger charge is -2.28. The van der Waals surface area contributed by atoms with Crippen molar-refractivity contribution in [3.63, 3.8) is 0 Å². The fourth-order valence-corrected chi connectivity index (χ4v) is 2.59. The summed E-state index contributed by atoms with van der Waals surface area (Å²) in [6.45, 7) is 5.02. The number of alkyl halides is 1. The predicted octanol–water partition coefficient (Wildman–Crippen LogP) is 3.71. The molecule has 0 aliphatic carbocycles. The van der Waals surface area contributed by atoms with Crippen LogP contribution in [0.5, 0.6) is 11.5 Å². The van der Waals surface area contributed by atoms with E-state index in [9.17, 15) is 0 Å². The van der Waals surface area contributed by atoms with Gasteiger partial charge in [0.15, 0.2) is 11.5 Å². The van der Waals surface area contributed by atoms with Gasteiger partial charge in [0.05, 0.1) is 14.2 Å². The quantitative estimate of drug-likeness (QED) is 0.762. The van der Waals surface area contributed by atoms with E-state index in [1.165, 1.54) is 0 Å². The van der Waals surface area contributed by atoms with E-state index in [4.69, 9.17) is 21.1 Å². The average molecular weight is 309 g/mol. The zero-order valence-electron chi connectivity index (χ0n) is 12.9. The van der Waals surface area contributed by atoms with Crippen molar-refractivity contribution in [2.75, 3.05) is 31.5 Å². The molecule has 2 rings (SSSR count). The number of nitrogens with zero attached hydrogens (tertiary/aromatic N) is 2. The van der Waals surface area contributed by atoms with E-state index in [-0.39, 0.29) is 0 Å². The van der Waals surface area contributed by atoms with Crippen LogP contribution in [0.2, 0.25) is 0 Å². The number of hydrogen-bond donors (Lipinski definition) is 0. The van der Waals surface area contributed by atoms with Crippen LogP contribution in [0.3, 0.4) is 0 Å². The maximum Gasteiger partial charge on any atom is 0.161 e. The summed E-state index contributed by atoms with van der Waals surface area (Å²) in [6, 6.07) is 6.23. The third kappa shape index (κ3) is 3.16. The Hall–Kier alpha value is -1.68. The number of pyridine rings is 1. The Morgan fingerprint density at radius 1 is 1.19 bits per heavy atom. The maximum absolute atomic E-state index is 5.93. The first kappa shape index (κ1) is 15.7. The Kier molecular flexibility index (Phi) is 5.12. The second-order valence-electron chi connectivity index (χ2n) is 5.04. The van der Waals surface area contributed by atoms with Gasteiger partial charge in [0.2, 0.25) is 0 Å². The normalized spacial score (nSPS) is 11.0. The highest BCUT2D eigenvalue weighted by molar-refractivity contribution is 6.18. The fourth-order valence-electron chi connectivity index (χ4n) is 2.41. The van der Waals surface area contributed by atoms with Crippen LogP contribution in [0.15, 0.2) is 24.4 Å². The van der Waals surface area contributed by atoms with Gasteiger partial charge in [-0.25, -0.2) is 4.98 Å². The minimum Gasteiger partial charge on any atom is -0.493 e. The van der Waals surface area contributed by atoms with Gasteiger partial charge in [-0.15, -0.1) is 11.6 Å². The van der Waals surface area contributed by atoms with Crippen molar-refractivity contribution in [3.05, 3.63) is 24.4 Å². The van der Waals surface area contributed by atoms with Crippen molar-refractivity contribution in [2.24, 2.45) is 0 Å². The smallest absolute Gasteiger partial charge is 0.161 e. The molecule has 2 aromatic rings. The number of fused-ring (bicyclic) bond motifs is 1. The van der Waals surface area contributed by atoms with Gasteiger partial charge in [-0.3, -0.25) is 0 Å². The molecule has 1 heterocycles. The SMILES string of the molecule is COc1cc2ccnc(N(CCCl)C(C)C)c2cc1OC. The number of rotatable bonds is 6. The van der Waals surface area contributed by atoms with Crippen molar-refractivity contribution in [1.82, 2.24) is 4.98 Å². The van der Waals surface area contributed by atoms with Crippen LogP contribution >= 0.6 is 11.6 Å². The highest BCUT2D eigenvalue weighted by Gasteiger charge is 2.16. The number of benzene rings is 1. The molecule has 0 fully saturated rings. The second-order valence-corrected chi connectivity index (χ2v) is 5.42. The minimum absolute atomic E-state index is 0.315. The summed E-state index contributed by atoms with van der Waals surface area (Å²) in [5, 5.41) is 2.10. The highest BCUT2D eigenvalue weighted by atomic mass is 35.5. The number of ether oxygens (including phenoxy) is 2. The molecule has 0 radical (unpaired) electrons. The van der Waals surface area contributed by atoms with Gasteiger partial charge >= 0.3 is 0 Å². The molecule has 0 unspecified atom stereocenters. The molecule has 0 aliphatic heterocycles. The summed E-state index contributed by atoms with van der Waals surface area (Å²) in [6.07, 6.45) is 1.81. The Labute approximate surface area is 130 Å². The molecule has 21 heavy (non-hydrogen) atoms. The average Bonchev–Trinajstić information content (AvgIpc) is 2.50. The van der Waals surface area contributed by atoms with Gasteiger partial charge in [0, 0.05) is 30.0 Å². The molecule has 1 aromatic carbocycles. The molecule has 0 aliphatic rings. The van der Waals surface area contributed by atoms with E-state index in [1.807, 2.05) is 24.4 Å². The summed E-state index contributed by atoms with van der Waals surface area (Å²) < 4.78 is 10.8. The second kappa shape index (κ2) is 6.85. The fraction of sp³-hybridized carbons (Fsp3) is 0.438. The molecule has 0 N–H and O–H groups in total. The first-order chi connectivity index (χ1) is 10.1. The molecular weight excluding hydrogens is 288 g/mol. The zero-order valence-corrected chi connectivity index (χ0v) is 13.6. The lowest BCUT2D eigenvalue weighted by molar-refractivity contribution is 0.356. The van der Waals surface area contributed by atoms with Crippen LogP contribution in [-0.2, 0) is 0 Å². The summed E-state index contributed by atoms with van der Waals surface area (Å²) in [5.74, 6) is 2.90. The van der Waals surface area contributed by atoms with Gasteiger partial charge < -0.3 is 14.4 Å². The van der Waals surface area contributed by atoms with Crippen LogP contribution in [0.4, 0.5) is 5.82 Å². The Bertz CT molecular complexity index is 616. The Morgan fingerprint density at radius 2 is 1.86 bits per heavy atom. The summed E-state index contributed by atoms with van der Waals surface area (Å²) in [4.78, 5) is 6.74. The third-order valence-electron chi connectivity index (χ3n) is 3.47.